The smallest absolute Gasteiger partial charge is 0.326 e. The van der Waals surface area contributed by atoms with E-state index in [2.05, 4.69) is 26.3 Å². The number of urea groups is 1. The maximum atomic E-state index is 13.9. The normalized spacial score (nSPS) is 12.7. The van der Waals surface area contributed by atoms with E-state index in [-0.39, 0.29) is 101 Å². The lowest BCUT2D eigenvalue weighted by molar-refractivity contribution is -0.143. The Morgan fingerprint density at radius 1 is 0.603 bits per heavy atom. The standard InChI is InChI=1S/C44H63N7O12/c45-43(46)47-24-10-14-31(40(58)50-36(42(61)62)27-30-18-20-33(53)21-19-30)28-37(54)35(26-29-12-6-5-7-13-29)49-38(55)16-9-4-2-1-3-8-15-32(52)22-23-34(41(59)60)51-44(63)48-25-11-17-39(56)57/h5-7,12-13,18-21,31,34-36,53H,1-4,8-11,14-17,22-28H2,(H,49,55)(H,50,58)(H,56,57)(H,59,60)(H,61,62)(H4,45,46,47)(H2,48,51,63)/t31-,34+,35+,36-/m1/s1. The molecule has 63 heavy (non-hydrogen) atoms. The van der Waals surface area contributed by atoms with Crippen LogP contribution in [-0.4, -0.2) is 105 Å². The Kier molecular flexibility index (Phi) is 24.8. The van der Waals surface area contributed by atoms with Gasteiger partial charge < -0.3 is 53.2 Å². The Morgan fingerprint density at radius 3 is 1.83 bits per heavy atom. The van der Waals surface area contributed by atoms with Gasteiger partial charge in [0.2, 0.25) is 11.8 Å². The number of ketones is 2. The lowest BCUT2D eigenvalue weighted by atomic mass is 9.90. The number of Topliss-reactive ketones (excluding diaryl/α,β-unsaturated/α-hetero) is 2. The number of aliphatic imine (C=N–C) groups is 1. The van der Waals surface area contributed by atoms with Crippen LogP contribution < -0.4 is 32.7 Å². The molecule has 0 unspecified atom stereocenters. The molecule has 0 aromatic heterocycles. The molecule has 0 aliphatic carbocycles. The molecule has 2 aromatic rings. The monoisotopic (exact) mass is 881 g/mol. The number of nitrogens with two attached hydrogens (primary N) is 2. The fourth-order valence-corrected chi connectivity index (χ4v) is 6.63. The zero-order valence-corrected chi connectivity index (χ0v) is 35.6. The summed E-state index contributed by atoms with van der Waals surface area (Å²) in [6.45, 7) is 0.239. The minimum atomic E-state index is -1.32. The lowest BCUT2D eigenvalue weighted by Gasteiger charge is -2.23. The van der Waals surface area contributed by atoms with Gasteiger partial charge in [-0.25, -0.2) is 14.4 Å². The number of carboxylic acids is 3. The maximum Gasteiger partial charge on any atom is 0.326 e. The molecule has 0 spiro atoms. The van der Waals surface area contributed by atoms with Crippen molar-refractivity contribution in [3.05, 3.63) is 65.7 Å². The summed E-state index contributed by atoms with van der Waals surface area (Å²) in [6, 6.07) is 10.7. The number of hydrogen-bond acceptors (Lipinski definition) is 10. The quantitative estimate of drug-likeness (QED) is 0.0280. The van der Waals surface area contributed by atoms with Crippen LogP contribution in [0.5, 0.6) is 5.75 Å². The second-order valence-corrected chi connectivity index (χ2v) is 15.4. The SMILES string of the molecule is NC(N)=NCCC[C@H](CC(=O)[C@H](Cc1ccccc1)NC(=O)CCCCCCCCC(=O)CC[C@H](NC(=O)NCCCC(=O)O)C(=O)O)C(=O)N[C@H](Cc1ccc(O)cc1)C(=O)O. The van der Waals surface area contributed by atoms with Gasteiger partial charge in [0.1, 0.15) is 23.6 Å². The summed E-state index contributed by atoms with van der Waals surface area (Å²) in [6.07, 6.45) is 4.84. The van der Waals surface area contributed by atoms with Crippen LogP contribution >= 0.6 is 0 Å². The summed E-state index contributed by atoms with van der Waals surface area (Å²) in [5.74, 6) is -6.19. The number of phenols is 1. The van der Waals surface area contributed by atoms with E-state index in [0.29, 0.717) is 24.8 Å². The van der Waals surface area contributed by atoms with E-state index in [1.165, 1.54) is 12.1 Å². The van der Waals surface area contributed by atoms with Gasteiger partial charge in [-0.05, 0) is 68.2 Å². The van der Waals surface area contributed by atoms with Gasteiger partial charge in [-0.1, -0.05) is 68.1 Å². The number of carbonyl (C=O) groups excluding carboxylic acids is 5. The fraction of sp³-hybridized carbons (Fsp3) is 0.523. The number of carbonyl (C=O) groups is 8. The van der Waals surface area contributed by atoms with Gasteiger partial charge >= 0.3 is 23.9 Å². The zero-order chi connectivity index (χ0) is 46.6. The number of benzene rings is 2. The molecule has 12 N–H and O–H groups in total. The van der Waals surface area contributed by atoms with Crippen LogP contribution in [0.15, 0.2) is 59.6 Å². The first-order valence-electron chi connectivity index (χ1n) is 21.3. The van der Waals surface area contributed by atoms with Crippen molar-refractivity contribution in [3.63, 3.8) is 0 Å². The topological polar surface area (TPSA) is 330 Å². The van der Waals surface area contributed by atoms with Crippen LogP contribution in [0.3, 0.4) is 0 Å². The number of aromatic hydroxyl groups is 1. The van der Waals surface area contributed by atoms with Crippen molar-refractivity contribution in [1.29, 1.82) is 0 Å². The van der Waals surface area contributed by atoms with Crippen molar-refractivity contribution in [2.45, 2.75) is 127 Å². The van der Waals surface area contributed by atoms with Crippen LogP contribution in [0.25, 0.3) is 0 Å². The van der Waals surface area contributed by atoms with Crippen LogP contribution in [0, 0.1) is 5.92 Å². The predicted molar refractivity (Wildman–Crippen MR) is 232 cm³/mol. The number of guanidine groups is 1. The molecule has 4 amide bonds. The van der Waals surface area contributed by atoms with Crippen molar-refractivity contribution in [2.24, 2.45) is 22.4 Å². The average molecular weight is 882 g/mol. The number of rotatable bonds is 33. The molecule has 4 atom stereocenters. The van der Waals surface area contributed by atoms with Crippen LogP contribution in [0.1, 0.15) is 107 Å². The van der Waals surface area contributed by atoms with Gasteiger partial charge in [0.05, 0.1) is 6.04 Å². The molecule has 0 fully saturated rings. The highest BCUT2D eigenvalue weighted by molar-refractivity contribution is 5.93. The number of nitrogens with zero attached hydrogens (tertiary/aromatic N) is 1. The number of phenolic OH excluding ortho intramolecular Hbond substituents is 1. The summed E-state index contributed by atoms with van der Waals surface area (Å²) < 4.78 is 0. The zero-order valence-electron chi connectivity index (χ0n) is 35.6. The second kappa shape index (κ2) is 29.7. The minimum Gasteiger partial charge on any atom is -0.508 e. The lowest BCUT2D eigenvalue weighted by Crippen LogP contribution is -2.47. The molecule has 2 rings (SSSR count). The maximum absolute atomic E-state index is 13.9. The first kappa shape index (κ1) is 52.6. The van der Waals surface area contributed by atoms with Crippen molar-refractivity contribution in [2.75, 3.05) is 13.1 Å². The van der Waals surface area contributed by atoms with E-state index in [1.807, 2.05) is 18.2 Å². The second-order valence-electron chi connectivity index (χ2n) is 15.4. The van der Waals surface area contributed by atoms with Crippen LogP contribution in [-0.2, 0) is 46.4 Å². The molecular formula is C44H63N7O12. The van der Waals surface area contributed by atoms with E-state index < -0.39 is 59.7 Å². The molecule has 0 heterocycles. The first-order valence-corrected chi connectivity index (χ1v) is 21.3. The molecule has 19 heteroatoms. The molecule has 2 aromatic carbocycles. The molecule has 0 aliphatic heterocycles. The Bertz CT molecular complexity index is 1820. The third kappa shape index (κ3) is 23.9. The minimum absolute atomic E-state index is 0.00412. The molecular weight excluding hydrogens is 819 g/mol. The highest BCUT2D eigenvalue weighted by Crippen LogP contribution is 2.18. The highest BCUT2D eigenvalue weighted by Gasteiger charge is 2.30. The number of amides is 4. The van der Waals surface area contributed by atoms with Gasteiger partial charge in [-0.2, -0.15) is 0 Å². The Hall–Kier alpha value is -6.53. The van der Waals surface area contributed by atoms with Crippen molar-refractivity contribution >= 4 is 53.3 Å². The Labute approximate surface area is 366 Å². The van der Waals surface area contributed by atoms with E-state index in [1.54, 1.807) is 24.3 Å². The first-order chi connectivity index (χ1) is 30.0. The summed E-state index contributed by atoms with van der Waals surface area (Å²) in [7, 11) is 0. The average Bonchev–Trinajstić information content (AvgIpc) is 3.23. The van der Waals surface area contributed by atoms with E-state index in [0.717, 1.165) is 31.2 Å². The summed E-state index contributed by atoms with van der Waals surface area (Å²) in [4.78, 5) is 103. The van der Waals surface area contributed by atoms with E-state index in [4.69, 9.17) is 16.6 Å². The van der Waals surface area contributed by atoms with Gasteiger partial charge in [-0.3, -0.25) is 29.0 Å². The molecule has 19 nitrogen and oxygen atoms in total. The number of aliphatic carboxylic acids is 3. The van der Waals surface area contributed by atoms with Crippen LogP contribution in [0.2, 0.25) is 0 Å². The van der Waals surface area contributed by atoms with Crippen molar-refractivity contribution in [1.82, 2.24) is 21.3 Å². The summed E-state index contributed by atoms with van der Waals surface area (Å²) in [5.41, 5.74) is 12.3. The Morgan fingerprint density at radius 2 is 1.21 bits per heavy atom. The largest absolute Gasteiger partial charge is 0.508 e. The highest BCUT2D eigenvalue weighted by atomic mass is 16.4. The fourth-order valence-electron chi connectivity index (χ4n) is 6.63. The molecule has 0 saturated heterocycles. The number of carboxylic acid groups (broad SMARTS) is 3. The van der Waals surface area contributed by atoms with E-state index >= 15 is 0 Å². The Balaban J connectivity index is 1.89. The van der Waals surface area contributed by atoms with Gasteiger partial charge in [0.15, 0.2) is 11.7 Å². The van der Waals surface area contributed by atoms with Gasteiger partial charge in [0, 0.05) is 57.5 Å². The molecule has 0 bridgehead atoms. The summed E-state index contributed by atoms with van der Waals surface area (Å²) in [5, 5.41) is 47.7. The number of nitrogens with one attached hydrogen (secondary N) is 4. The molecule has 0 radical (unpaired) electrons. The molecule has 0 saturated carbocycles. The molecule has 0 aliphatic rings. The third-order valence-electron chi connectivity index (χ3n) is 10.1. The van der Waals surface area contributed by atoms with Crippen molar-refractivity contribution < 1.29 is 58.8 Å². The number of unbranched alkanes of at least 4 members (excludes halogenated alkanes) is 5. The third-order valence-corrected chi connectivity index (χ3v) is 10.1. The van der Waals surface area contributed by atoms with Crippen LogP contribution in [0.4, 0.5) is 4.79 Å². The predicted octanol–water partition coefficient (Wildman–Crippen LogP) is 2.95. The van der Waals surface area contributed by atoms with Gasteiger partial charge in [-0.15, -0.1) is 0 Å². The summed E-state index contributed by atoms with van der Waals surface area (Å²) >= 11 is 0. The van der Waals surface area contributed by atoms with E-state index in [9.17, 15) is 53.7 Å². The van der Waals surface area contributed by atoms with Gasteiger partial charge in [0.25, 0.3) is 0 Å². The molecule has 346 valence electrons. The number of hydrogen-bond donors (Lipinski definition) is 10. The van der Waals surface area contributed by atoms with Crippen molar-refractivity contribution in [3.8, 4) is 5.75 Å².